The zero-order valence-electron chi connectivity index (χ0n) is 18.0. The molecule has 0 aliphatic heterocycles. The quantitative estimate of drug-likeness (QED) is 0.533. The third-order valence-electron chi connectivity index (χ3n) is 6.18. The maximum Gasteiger partial charge on any atom is 0.261 e. The topological polar surface area (TPSA) is 75.3 Å². The number of para-hydroxylation sites is 1. The van der Waals surface area contributed by atoms with Gasteiger partial charge >= 0.3 is 0 Å². The van der Waals surface area contributed by atoms with E-state index in [-0.39, 0.29) is 16.6 Å². The molecule has 2 N–H and O–H groups in total. The first kappa shape index (κ1) is 22.0. The molecule has 1 aliphatic carbocycles. The molecule has 0 bridgehead atoms. The lowest BCUT2D eigenvalue weighted by Gasteiger charge is -2.40. The van der Waals surface area contributed by atoms with Crippen molar-refractivity contribution in [2.75, 3.05) is 10.0 Å². The van der Waals surface area contributed by atoms with Crippen molar-refractivity contribution in [2.45, 2.75) is 43.4 Å². The van der Waals surface area contributed by atoms with Gasteiger partial charge in [0.2, 0.25) is 5.91 Å². The molecule has 166 valence electrons. The van der Waals surface area contributed by atoms with Crippen LogP contribution in [0.3, 0.4) is 0 Å². The SMILES string of the molecule is Cc1cccc(C)c1NS(=O)(=O)c1ccc(NC(=O)C2(c3ccc(F)cc3)CCC2)cc1. The molecular weight excluding hydrogens is 427 g/mol. The second kappa shape index (κ2) is 8.39. The second-order valence-corrected chi connectivity index (χ2v) is 9.98. The number of halogens is 1. The Morgan fingerprint density at radius 3 is 2.03 bits per heavy atom. The van der Waals surface area contributed by atoms with Crippen LogP contribution in [-0.2, 0) is 20.2 Å². The average Bonchev–Trinajstić information content (AvgIpc) is 2.72. The monoisotopic (exact) mass is 452 g/mol. The maximum absolute atomic E-state index is 13.3. The summed E-state index contributed by atoms with van der Waals surface area (Å²) in [6, 6.07) is 17.7. The van der Waals surface area contributed by atoms with Crippen LogP contribution < -0.4 is 10.0 Å². The van der Waals surface area contributed by atoms with Gasteiger partial charge in [-0.25, -0.2) is 12.8 Å². The molecule has 0 spiro atoms. The van der Waals surface area contributed by atoms with E-state index in [9.17, 15) is 17.6 Å². The number of sulfonamides is 1. The number of hydrogen-bond acceptors (Lipinski definition) is 3. The van der Waals surface area contributed by atoms with Crippen LogP contribution in [-0.4, -0.2) is 14.3 Å². The van der Waals surface area contributed by atoms with Crippen LogP contribution in [0.5, 0.6) is 0 Å². The highest BCUT2D eigenvalue weighted by molar-refractivity contribution is 7.92. The lowest BCUT2D eigenvalue weighted by atomic mass is 9.64. The zero-order valence-corrected chi connectivity index (χ0v) is 18.8. The fourth-order valence-electron chi connectivity index (χ4n) is 4.08. The van der Waals surface area contributed by atoms with E-state index in [1.807, 2.05) is 32.0 Å². The van der Waals surface area contributed by atoms with Gasteiger partial charge < -0.3 is 5.32 Å². The molecule has 4 rings (SSSR count). The van der Waals surface area contributed by atoms with Gasteiger partial charge in [-0.2, -0.15) is 0 Å². The van der Waals surface area contributed by atoms with E-state index in [0.717, 1.165) is 23.1 Å². The fourth-order valence-corrected chi connectivity index (χ4v) is 5.29. The molecule has 0 saturated heterocycles. The van der Waals surface area contributed by atoms with E-state index in [2.05, 4.69) is 10.0 Å². The Hall–Kier alpha value is -3.19. The van der Waals surface area contributed by atoms with Crippen molar-refractivity contribution >= 4 is 27.3 Å². The number of carbonyl (C=O) groups is 1. The van der Waals surface area contributed by atoms with Gasteiger partial charge in [-0.3, -0.25) is 9.52 Å². The van der Waals surface area contributed by atoms with Crippen LogP contribution in [0, 0.1) is 19.7 Å². The van der Waals surface area contributed by atoms with E-state index in [0.29, 0.717) is 24.2 Å². The van der Waals surface area contributed by atoms with Crippen LogP contribution in [0.25, 0.3) is 0 Å². The number of amides is 1. The van der Waals surface area contributed by atoms with Crippen molar-refractivity contribution in [3.63, 3.8) is 0 Å². The number of benzene rings is 3. The van der Waals surface area contributed by atoms with Crippen molar-refractivity contribution in [2.24, 2.45) is 0 Å². The number of nitrogens with one attached hydrogen (secondary N) is 2. The molecule has 0 atom stereocenters. The highest BCUT2D eigenvalue weighted by Gasteiger charge is 2.45. The number of anilines is 2. The molecule has 3 aromatic carbocycles. The van der Waals surface area contributed by atoms with Gasteiger partial charge in [0.25, 0.3) is 10.0 Å². The van der Waals surface area contributed by atoms with Gasteiger partial charge in [-0.1, -0.05) is 36.8 Å². The zero-order chi connectivity index (χ0) is 22.9. The average molecular weight is 453 g/mol. The Labute approximate surface area is 187 Å². The standard InChI is InChI=1S/C25H25FN2O3S/c1-17-5-3-6-18(2)23(17)28-32(30,31)22-13-11-21(12-14-22)27-24(29)25(15-4-16-25)19-7-9-20(26)10-8-19/h3,5-14,28H,4,15-16H2,1-2H3,(H,27,29). The highest BCUT2D eigenvalue weighted by Crippen LogP contribution is 2.44. The summed E-state index contributed by atoms with van der Waals surface area (Å²) in [4.78, 5) is 13.2. The molecular formula is C25H25FN2O3S. The molecule has 0 heterocycles. The van der Waals surface area contributed by atoms with Gasteiger partial charge in [0, 0.05) is 5.69 Å². The molecule has 0 aromatic heterocycles. The minimum atomic E-state index is -3.77. The second-order valence-electron chi connectivity index (χ2n) is 8.29. The summed E-state index contributed by atoms with van der Waals surface area (Å²) < 4.78 is 41.6. The summed E-state index contributed by atoms with van der Waals surface area (Å²) >= 11 is 0. The van der Waals surface area contributed by atoms with E-state index in [4.69, 9.17) is 0 Å². The normalized spacial score (nSPS) is 15.0. The van der Waals surface area contributed by atoms with Crippen LogP contribution in [0.15, 0.2) is 71.6 Å². The van der Waals surface area contributed by atoms with Gasteiger partial charge in [0.15, 0.2) is 0 Å². The minimum absolute atomic E-state index is 0.107. The molecule has 0 unspecified atom stereocenters. The Balaban J connectivity index is 1.51. The molecule has 32 heavy (non-hydrogen) atoms. The summed E-state index contributed by atoms with van der Waals surface area (Å²) in [6.45, 7) is 3.70. The summed E-state index contributed by atoms with van der Waals surface area (Å²) in [6.07, 6.45) is 2.30. The molecule has 0 radical (unpaired) electrons. The Bertz CT molecular complexity index is 1230. The summed E-state index contributed by atoms with van der Waals surface area (Å²) in [5.74, 6) is -0.505. The van der Waals surface area contributed by atoms with Crippen molar-refractivity contribution < 1.29 is 17.6 Å². The summed E-state index contributed by atoms with van der Waals surface area (Å²) in [5.41, 5.74) is 2.86. The Morgan fingerprint density at radius 2 is 1.50 bits per heavy atom. The first-order valence-corrected chi connectivity index (χ1v) is 12.0. The van der Waals surface area contributed by atoms with E-state index < -0.39 is 15.4 Å². The maximum atomic E-state index is 13.3. The first-order chi connectivity index (χ1) is 15.2. The number of hydrogen-bond donors (Lipinski definition) is 2. The van der Waals surface area contributed by atoms with Crippen LogP contribution >= 0.6 is 0 Å². The third-order valence-corrected chi connectivity index (χ3v) is 7.54. The number of carbonyl (C=O) groups excluding carboxylic acids is 1. The molecule has 1 amide bonds. The van der Waals surface area contributed by atoms with Crippen molar-refractivity contribution in [1.29, 1.82) is 0 Å². The van der Waals surface area contributed by atoms with Crippen LogP contribution in [0.4, 0.5) is 15.8 Å². The summed E-state index contributed by atoms with van der Waals surface area (Å²) in [5, 5.41) is 2.90. The molecule has 7 heteroatoms. The van der Waals surface area contributed by atoms with Crippen molar-refractivity contribution in [1.82, 2.24) is 0 Å². The fraction of sp³-hybridized carbons (Fsp3) is 0.240. The Kier molecular flexibility index (Phi) is 5.77. The number of aryl methyl sites for hydroxylation is 2. The van der Waals surface area contributed by atoms with Crippen molar-refractivity contribution in [3.05, 3.63) is 89.2 Å². The lowest BCUT2D eigenvalue weighted by Crippen LogP contribution is -2.46. The summed E-state index contributed by atoms with van der Waals surface area (Å²) in [7, 11) is -3.77. The van der Waals surface area contributed by atoms with Gasteiger partial charge in [0.1, 0.15) is 5.82 Å². The number of rotatable bonds is 6. The van der Waals surface area contributed by atoms with E-state index >= 15 is 0 Å². The third kappa shape index (κ3) is 4.12. The lowest BCUT2D eigenvalue weighted by molar-refractivity contribution is -0.124. The van der Waals surface area contributed by atoms with E-state index in [1.54, 1.807) is 24.3 Å². The molecule has 5 nitrogen and oxygen atoms in total. The predicted octanol–water partition coefficient (Wildman–Crippen LogP) is 5.30. The first-order valence-electron chi connectivity index (χ1n) is 10.5. The predicted molar refractivity (Wildman–Crippen MR) is 124 cm³/mol. The smallest absolute Gasteiger partial charge is 0.261 e. The van der Waals surface area contributed by atoms with Crippen molar-refractivity contribution in [3.8, 4) is 0 Å². The minimum Gasteiger partial charge on any atom is -0.325 e. The molecule has 3 aromatic rings. The molecule has 1 saturated carbocycles. The van der Waals surface area contributed by atoms with Gasteiger partial charge in [-0.05, 0) is 79.8 Å². The molecule has 1 fully saturated rings. The van der Waals surface area contributed by atoms with Crippen LogP contribution in [0.1, 0.15) is 36.0 Å². The molecule has 1 aliphatic rings. The van der Waals surface area contributed by atoms with Gasteiger partial charge in [0.05, 0.1) is 16.0 Å². The Morgan fingerprint density at radius 1 is 0.906 bits per heavy atom. The van der Waals surface area contributed by atoms with E-state index in [1.165, 1.54) is 24.3 Å². The van der Waals surface area contributed by atoms with Gasteiger partial charge in [-0.15, -0.1) is 0 Å². The van der Waals surface area contributed by atoms with Crippen LogP contribution in [0.2, 0.25) is 0 Å². The highest BCUT2D eigenvalue weighted by atomic mass is 32.2. The largest absolute Gasteiger partial charge is 0.325 e.